The van der Waals surface area contributed by atoms with Gasteiger partial charge in [0.25, 0.3) is 12.3 Å². The molecule has 4 aromatic rings. The Hall–Kier alpha value is -4.99. The quantitative estimate of drug-likeness (QED) is 0.145. The molecule has 1 saturated heterocycles. The fourth-order valence-electron chi connectivity index (χ4n) is 5.98. The number of halogens is 5. The highest BCUT2D eigenvalue weighted by molar-refractivity contribution is 6.32. The Morgan fingerprint density at radius 1 is 1.04 bits per heavy atom. The normalized spacial score (nSPS) is 17.3. The monoisotopic (exact) mass is 731 g/mol. The summed E-state index contributed by atoms with van der Waals surface area (Å²) in [6, 6.07) is 9.98. The number of hydrogen-bond donors (Lipinski definition) is 3. The Morgan fingerprint density at radius 2 is 1.73 bits per heavy atom. The van der Waals surface area contributed by atoms with Gasteiger partial charge < -0.3 is 15.4 Å². The lowest BCUT2D eigenvalue weighted by Gasteiger charge is -2.35. The Balaban J connectivity index is 1.58. The van der Waals surface area contributed by atoms with Crippen LogP contribution in [0.25, 0.3) is 16.8 Å². The van der Waals surface area contributed by atoms with Gasteiger partial charge >= 0.3 is 12.6 Å². The number of ether oxygens (including phenoxy) is 1. The van der Waals surface area contributed by atoms with Crippen molar-refractivity contribution in [3.63, 3.8) is 0 Å². The zero-order chi connectivity index (χ0) is 37.5. The van der Waals surface area contributed by atoms with Crippen LogP contribution in [0.5, 0.6) is 0 Å². The van der Waals surface area contributed by atoms with E-state index in [4.69, 9.17) is 21.7 Å². The lowest BCUT2D eigenvalue weighted by Crippen LogP contribution is -2.47. The van der Waals surface area contributed by atoms with Crippen molar-refractivity contribution in [3.05, 3.63) is 83.2 Å². The van der Waals surface area contributed by atoms with Gasteiger partial charge in [0.1, 0.15) is 18.5 Å². The fourth-order valence-corrected chi connectivity index (χ4v) is 6.17. The minimum atomic E-state index is -2.98. The second-order valence-corrected chi connectivity index (χ2v) is 14.8. The summed E-state index contributed by atoms with van der Waals surface area (Å²) in [4.78, 5) is 32.5. The van der Waals surface area contributed by atoms with Gasteiger partial charge in [-0.05, 0) is 61.4 Å². The predicted molar refractivity (Wildman–Crippen MR) is 181 cm³/mol. The van der Waals surface area contributed by atoms with Crippen LogP contribution in [0, 0.1) is 10.8 Å². The first-order chi connectivity index (χ1) is 23.8. The first-order valence-electron chi connectivity index (χ1n) is 15.9. The number of hydrogen-bond acceptors (Lipinski definition) is 7. The molecule has 2 amide bonds. The van der Waals surface area contributed by atoms with Crippen LogP contribution in [0.4, 0.5) is 22.4 Å². The van der Waals surface area contributed by atoms with Crippen molar-refractivity contribution in [1.82, 2.24) is 40.1 Å². The summed E-state index contributed by atoms with van der Waals surface area (Å²) in [6.45, 7) is 7.85. The van der Waals surface area contributed by atoms with Gasteiger partial charge in [0.15, 0.2) is 11.8 Å². The molecule has 0 saturated carbocycles. The third-order valence-electron chi connectivity index (χ3n) is 7.98. The summed E-state index contributed by atoms with van der Waals surface area (Å²) < 4.78 is 61.0. The summed E-state index contributed by atoms with van der Waals surface area (Å²) in [5, 5.41) is 22.6. The largest absolute Gasteiger partial charge is 0.447 e. The number of guanidine groups is 1. The van der Waals surface area contributed by atoms with Gasteiger partial charge in [0.05, 0.1) is 22.9 Å². The highest BCUT2D eigenvalue weighted by Crippen LogP contribution is 2.43. The molecule has 0 aliphatic carbocycles. The lowest BCUT2D eigenvalue weighted by atomic mass is 9.75. The van der Waals surface area contributed by atoms with E-state index in [1.54, 1.807) is 51.1 Å². The number of nitrogens with zero attached hydrogens (tertiary/aromatic N) is 6. The van der Waals surface area contributed by atoms with E-state index in [1.807, 2.05) is 20.8 Å². The molecule has 0 radical (unpaired) electrons. The van der Waals surface area contributed by atoms with Crippen LogP contribution in [0.1, 0.15) is 83.9 Å². The van der Waals surface area contributed by atoms with Gasteiger partial charge in [-0.25, -0.2) is 27.9 Å². The van der Waals surface area contributed by atoms with Crippen molar-refractivity contribution in [1.29, 1.82) is 5.41 Å². The molecule has 1 fully saturated rings. The zero-order valence-corrected chi connectivity index (χ0v) is 29.5. The zero-order valence-electron chi connectivity index (χ0n) is 28.7. The molecule has 0 bridgehead atoms. The molecule has 1 aliphatic heterocycles. The Morgan fingerprint density at radius 3 is 2.31 bits per heavy atom. The van der Waals surface area contributed by atoms with Crippen molar-refractivity contribution in [2.75, 3.05) is 6.61 Å². The van der Waals surface area contributed by atoms with E-state index < -0.39 is 59.9 Å². The predicted octanol–water partition coefficient (Wildman–Crippen LogP) is 7.38. The van der Waals surface area contributed by atoms with Crippen LogP contribution >= 0.6 is 11.6 Å². The fraction of sp³-hybridized carbons (Fsp3) is 0.412. The van der Waals surface area contributed by atoms with E-state index in [0.29, 0.717) is 26.9 Å². The number of rotatable bonds is 10. The van der Waals surface area contributed by atoms with Crippen molar-refractivity contribution in [2.45, 2.75) is 78.1 Å². The van der Waals surface area contributed by atoms with E-state index >= 15 is 0 Å². The molecule has 3 heterocycles. The Kier molecular flexibility index (Phi) is 10.2. The van der Waals surface area contributed by atoms with Crippen molar-refractivity contribution >= 4 is 29.6 Å². The molecule has 2 aromatic carbocycles. The first kappa shape index (κ1) is 37.3. The van der Waals surface area contributed by atoms with Crippen LogP contribution in [-0.2, 0) is 15.1 Å². The highest BCUT2D eigenvalue weighted by atomic mass is 35.5. The summed E-state index contributed by atoms with van der Waals surface area (Å²) in [6.07, 6.45) is -0.0625. The van der Waals surface area contributed by atoms with Crippen LogP contribution < -0.4 is 10.6 Å². The number of carbonyl (C=O) groups excluding carboxylic acids is 2. The second kappa shape index (κ2) is 14.0. The summed E-state index contributed by atoms with van der Waals surface area (Å²) in [7, 11) is 0. The number of benzene rings is 2. The maximum Gasteiger partial charge on any atom is 0.407 e. The molecule has 51 heavy (non-hydrogen) atoms. The van der Waals surface area contributed by atoms with Gasteiger partial charge in [-0.3, -0.25) is 15.1 Å². The first-order valence-corrected chi connectivity index (χ1v) is 16.2. The highest BCUT2D eigenvalue weighted by Gasteiger charge is 2.54. The van der Waals surface area contributed by atoms with E-state index in [2.05, 4.69) is 25.8 Å². The maximum absolute atomic E-state index is 14.9. The maximum atomic E-state index is 14.9. The molecule has 2 atom stereocenters. The third-order valence-corrected chi connectivity index (χ3v) is 8.30. The molecule has 1 aliphatic rings. The molecule has 0 spiro atoms. The second-order valence-electron chi connectivity index (χ2n) is 14.4. The molecule has 12 nitrogen and oxygen atoms in total. The van der Waals surface area contributed by atoms with Crippen LogP contribution in [-0.4, -0.2) is 59.6 Å². The number of carbonyl (C=O) groups is 2. The van der Waals surface area contributed by atoms with Gasteiger partial charge in [-0.15, -0.1) is 0 Å². The molecule has 17 heteroatoms. The molecular weight excluding hydrogens is 694 g/mol. The number of amides is 2. The van der Waals surface area contributed by atoms with Crippen molar-refractivity contribution in [2.24, 2.45) is 5.41 Å². The van der Waals surface area contributed by atoms with Gasteiger partial charge in [0, 0.05) is 17.3 Å². The number of nitrogens with one attached hydrogen (secondary N) is 3. The Bertz CT molecular complexity index is 1920. The summed E-state index contributed by atoms with van der Waals surface area (Å²) in [5.41, 5.74) is -0.768. The van der Waals surface area contributed by atoms with Crippen molar-refractivity contribution in [3.8, 4) is 16.8 Å². The Labute approximate surface area is 296 Å². The van der Waals surface area contributed by atoms with E-state index in [1.165, 1.54) is 29.4 Å². The summed E-state index contributed by atoms with van der Waals surface area (Å²) in [5.74, 6) is -1.51. The molecule has 2 aromatic heterocycles. The number of alkyl halides is 4. The standard InChI is InChI=1S/C34H38ClF4N9O3/c1-32(2,3)17-34(22-10-7-19(8-11-22)21-14-42-46(15-21)29(38)39)28(49)47(30(40)44-34)25(16-51-31(50)45-33(4,5)6)20-9-12-23(35)24(13-20)48-27(26(36)37)41-18-43-48/h7-15,18,25-26,29H,16-17H2,1-6H3,(H2,40,44)(H,45,50)/t25-,34-/m1/s1. The molecule has 0 unspecified atom stereocenters. The van der Waals surface area contributed by atoms with E-state index in [9.17, 15) is 27.2 Å². The number of alkyl carbamates (subject to hydrolysis) is 1. The molecular formula is C34H38ClF4N9O3. The average Bonchev–Trinajstić information content (AvgIpc) is 3.77. The molecule has 272 valence electrons. The smallest absolute Gasteiger partial charge is 0.407 e. The van der Waals surface area contributed by atoms with E-state index in [0.717, 1.165) is 11.0 Å². The SMILES string of the molecule is CC(C)(C)C[C@]1(c2ccc(-c3cnn(C(F)F)c3)cc2)NC(=N)N([C@H](COC(=O)NC(C)(C)C)c2ccc(Cl)c(-n3ncnc3C(F)F)c2)C1=O. The number of aromatic nitrogens is 5. The third kappa shape index (κ3) is 8.00. The van der Waals surface area contributed by atoms with Gasteiger partial charge in [-0.2, -0.15) is 19.0 Å². The van der Waals surface area contributed by atoms with Crippen LogP contribution in [0.15, 0.2) is 61.2 Å². The topological polar surface area (TPSA) is 143 Å². The minimum absolute atomic E-state index is 0.0314. The van der Waals surface area contributed by atoms with Gasteiger partial charge in [-0.1, -0.05) is 62.7 Å². The average molecular weight is 732 g/mol. The van der Waals surface area contributed by atoms with Crippen LogP contribution in [0.3, 0.4) is 0 Å². The van der Waals surface area contributed by atoms with Crippen molar-refractivity contribution < 1.29 is 31.9 Å². The van der Waals surface area contributed by atoms with Gasteiger partial charge in [0.2, 0.25) is 0 Å². The van der Waals surface area contributed by atoms with Crippen LogP contribution in [0.2, 0.25) is 5.02 Å². The van der Waals surface area contributed by atoms with E-state index in [-0.39, 0.29) is 23.1 Å². The minimum Gasteiger partial charge on any atom is -0.447 e. The lowest BCUT2D eigenvalue weighted by molar-refractivity contribution is -0.134. The summed E-state index contributed by atoms with van der Waals surface area (Å²) >= 11 is 6.45. The molecule has 3 N–H and O–H groups in total. The molecule has 5 rings (SSSR count).